The fourth-order valence-corrected chi connectivity index (χ4v) is 4.33. The number of fused-ring (bicyclic) bond motifs is 2. The van der Waals surface area contributed by atoms with Gasteiger partial charge >= 0.3 is 11.9 Å². The van der Waals surface area contributed by atoms with Crippen molar-refractivity contribution in [3.8, 4) is 17.0 Å². The fraction of sp³-hybridized carbons (Fsp3) is 0.391. The van der Waals surface area contributed by atoms with Gasteiger partial charge in [0, 0.05) is 17.5 Å². The molecule has 3 aliphatic rings. The molecule has 1 aliphatic carbocycles. The van der Waals surface area contributed by atoms with E-state index in [0.29, 0.717) is 55.3 Å². The van der Waals surface area contributed by atoms with Crippen molar-refractivity contribution < 1.29 is 28.5 Å². The van der Waals surface area contributed by atoms with Crippen molar-refractivity contribution in [1.29, 1.82) is 0 Å². The molecular formula is C23H21N3O6. The maximum atomic E-state index is 13.0. The topological polar surface area (TPSA) is 101 Å². The Balaban J connectivity index is 1.42. The van der Waals surface area contributed by atoms with E-state index in [1.165, 1.54) is 0 Å². The first kappa shape index (κ1) is 19.2. The van der Waals surface area contributed by atoms with E-state index < -0.39 is 5.41 Å². The summed E-state index contributed by atoms with van der Waals surface area (Å²) in [6, 6.07) is 9.25. The lowest BCUT2D eigenvalue weighted by Crippen LogP contribution is -2.29. The normalized spacial score (nSPS) is 20.8. The molecule has 3 aromatic rings. The van der Waals surface area contributed by atoms with Crippen LogP contribution in [-0.2, 0) is 31.0 Å². The number of ether oxygens (including phenoxy) is 4. The van der Waals surface area contributed by atoms with Crippen LogP contribution in [0.4, 0.5) is 0 Å². The van der Waals surface area contributed by atoms with Crippen molar-refractivity contribution in [1.82, 2.24) is 14.6 Å². The summed E-state index contributed by atoms with van der Waals surface area (Å²) in [5.41, 5.74) is 2.74. The Morgan fingerprint density at radius 3 is 2.88 bits per heavy atom. The van der Waals surface area contributed by atoms with Crippen LogP contribution in [0.3, 0.4) is 0 Å². The molecule has 2 fully saturated rings. The molecule has 9 heteroatoms. The zero-order chi connectivity index (χ0) is 21.9. The molecule has 0 spiro atoms. The fourth-order valence-electron chi connectivity index (χ4n) is 4.33. The highest BCUT2D eigenvalue weighted by Gasteiger charge is 2.57. The van der Waals surface area contributed by atoms with E-state index in [2.05, 4.69) is 0 Å². The molecule has 32 heavy (non-hydrogen) atoms. The number of carbonyl (C=O) groups is 2. The van der Waals surface area contributed by atoms with Gasteiger partial charge in [0.05, 0.1) is 31.6 Å². The van der Waals surface area contributed by atoms with Gasteiger partial charge < -0.3 is 18.9 Å². The average molecular weight is 435 g/mol. The minimum absolute atomic E-state index is 0.210. The summed E-state index contributed by atoms with van der Waals surface area (Å²) in [7, 11) is 1.57. The van der Waals surface area contributed by atoms with Gasteiger partial charge in [-0.3, -0.25) is 4.79 Å². The van der Waals surface area contributed by atoms with Crippen LogP contribution in [-0.4, -0.2) is 53.0 Å². The van der Waals surface area contributed by atoms with E-state index >= 15 is 0 Å². The van der Waals surface area contributed by atoms with Crippen LogP contribution < -0.4 is 4.74 Å². The third kappa shape index (κ3) is 2.88. The monoisotopic (exact) mass is 435 g/mol. The number of hydrogen-bond acceptors (Lipinski definition) is 8. The average Bonchev–Trinajstić information content (AvgIpc) is 3.13. The lowest BCUT2D eigenvalue weighted by molar-refractivity contribution is -0.152. The molecule has 2 aliphatic heterocycles. The molecule has 1 aromatic carbocycles. The molecule has 6 rings (SSSR count). The summed E-state index contributed by atoms with van der Waals surface area (Å²) in [5.74, 6) is 0.390. The largest absolute Gasteiger partial charge is 0.493 e. The van der Waals surface area contributed by atoms with Gasteiger partial charge in [-0.05, 0) is 37.1 Å². The van der Waals surface area contributed by atoms with Crippen LogP contribution in [0.15, 0.2) is 30.3 Å². The van der Waals surface area contributed by atoms with Gasteiger partial charge in [-0.15, -0.1) is 5.10 Å². The molecule has 9 nitrogen and oxygen atoms in total. The Bertz CT molecular complexity index is 1260. The number of cyclic esters (lactones) is 1. The maximum Gasteiger partial charge on any atom is 0.338 e. The zero-order valence-corrected chi connectivity index (χ0v) is 17.5. The van der Waals surface area contributed by atoms with E-state index in [1.54, 1.807) is 17.7 Å². The van der Waals surface area contributed by atoms with E-state index in [0.717, 1.165) is 16.8 Å². The molecule has 1 saturated heterocycles. The number of esters is 2. The zero-order valence-electron chi connectivity index (χ0n) is 17.5. The van der Waals surface area contributed by atoms with Gasteiger partial charge in [0.25, 0.3) is 0 Å². The number of carbonyl (C=O) groups excluding carboxylic acids is 2. The Kier molecular flexibility index (Phi) is 4.23. The molecule has 1 atom stereocenters. The lowest BCUT2D eigenvalue weighted by Gasteiger charge is -2.14. The third-order valence-corrected chi connectivity index (χ3v) is 6.38. The maximum absolute atomic E-state index is 13.0. The molecule has 164 valence electrons. The van der Waals surface area contributed by atoms with Crippen molar-refractivity contribution in [3.05, 3.63) is 47.3 Å². The predicted octanol–water partition coefficient (Wildman–Crippen LogP) is 2.44. The summed E-state index contributed by atoms with van der Waals surface area (Å²) < 4.78 is 23.3. The summed E-state index contributed by atoms with van der Waals surface area (Å²) in [6.07, 6.45) is 1.79. The first-order valence-corrected chi connectivity index (χ1v) is 10.6. The summed E-state index contributed by atoms with van der Waals surface area (Å²) in [5, 5.41) is 4.73. The number of pyridine rings is 1. The Hall–Kier alpha value is -3.46. The highest BCUT2D eigenvalue weighted by molar-refractivity contribution is 5.94. The van der Waals surface area contributed by atoms with E-state index in [9.17, 15) is 9.59 Å². The first-order valence-electron chi connectivity index (χ1n) is 10.6. The second kappa shape index (κ2) is 7.03. The van der Waals surface area contributed by atoms with Gasteiger partial charge in [-0.1, -0.05) is 6.07 Å². The molecule has 1 saturated carbocycles. The second-order valence-electron chi connectivity index (χ2n) is 8.38. The molecule has 0 amide bonds. The summed E-state index contributed by atoms with van der Waals surface area (Å²) in [4.78, 5) is 29.5. The van der Waals surface area contributed by atoms with Crippen molar-refractivity contribution in [2.45, 2.75) is 37.4 Å². The number of benzene rings is 1. The standard InChI is InChI=1S/C23H21N3O6/c1-29-18-5-4-17(13-2-3-16-14(10-13)11-31-20(16)27)26-19(18)24-21(25-26)23(7-8-23)22(28)32-15-6-9-30-12-15/h2-5,10,15H,6-9,11-12H2,1H3/t15-/m1/s1. The predicted molar refractivity (Wildman–Crippen MR) is 110 cm³/mol. The third-order valence-electron chi connectivity index (χ3n) is 6.38. The first-order chi connectivity index (χ1) is 15.6. The van der Waals surface area contributed by atoms with Gasteiger partial charge in [0.2, 0.25) is 0 Å². The van der Waals surface area contributed by atoms with Gasteiger partial charge in [0.15, 0.2) is 17.2 Å². The van der Waals surface area contributed by atoms with Crippen LogP contribution in [0.1, 0.15) is 41.0 Å². The van der Waals surface area contributed by atoms with E-state index in [4.69, 9.17) is 29.0 Å². The molecular weight excluding hydrogens is 414 g/mol. The summed E-state index contributed by atoms with van der Waals surface area (Å²) >= 11 is 0. The second-order valence-corrected chi connectivity index (χ2v) is 8.38. The van der Waals surface area contributed by atoms with E-state index in [1.807, 2.05) is 24.3 Å². The van der Waals surface area contributed by atoms with Crippen LogP contribution in [0.5, 0.6) is 5.75 Å². The van der Waals surface area contributed by atoms with Crippen molar-refractivity contribution >= 4 is 17.6 Å². The molecule has 4 heterocycles. The van der Waals surface area contributed by atoms with Crippen molar-refractivity contribution in [2.75, 3.05) is 20.3 Å². The Labute approximate surface area is 183 Å². The van der Waals surface area contributed by atoms with Crippen molar-refractivity contribution in [2.24, 2.45) is 0 Å². The van der Waals surface area contributed by atoms with Crippen LogP contribution in [0.2, 0.25) is 0 Å². The number of nitrogens with zero attached hydrogens (tertiary/aromatic N) is 3. The number of methoxy groups -OCH3 is 1. The minimum Gasteiger partial charge on any atom is -0.493 e. The van der Waals surface area contributed by atoms with Gasteiger partial charge in [-0.25, -0.2) is 14.3 Å². The Morgan fingerprint density at radius 2 is 2.12 bits per heavy atom. The highest BCUT2D eigenvalue weighted by atomic mass is 16.6. The quantitative estimate of drug-likeness (QED) is 0.564. The number of hydrogen-bond donors (Lipinski definition) is 0. The minimum atomic E-state index is -0.824. The lowest BCUT2D eigenvalue weighted by atomic mass is 10.0. The molecule has 0 bridgehead atoms. The smallest absolute Gasteiger partial charge is 0.338 e. The van der Waals surface area contributed by atoms with Crippen LogP contribution in [0.25, 0.3) is 16.9 Å². The van der Waals surface area contributed by atoms with Crippen molar-refractivity contribution in [3.63, 3.8) is 0 Å². The van der Waals surface area contributed by atoms with Gasteiger partial charge in [-0.2, -0.15) is 0 Å². The molecule has 0 N–H and O–H groups in total. The van der Waals surface area contributed by atoms with E-state index in [-0.39, 0.29) is 24.6 Å². The van der Waals surface area contributed by atoms with Crippen LogP contribution in [0, 0.1) is 0 Å². The van der Waals surface area contributed by atoms with Crippen LogP contribution >= 0.6 is 0 Å². The molecule has 2 aromatic heterocycles. The molecule has 0 radical (unpaired) electrons. The van der Waals surface area contributed by atoms with Gasteiger partial charge in [0.1, 0.15) is 18.1 Å². The SMILES string of the molecule is COc1ccc(-c2ccc3c(c2)COC3=O)n2nc(C3(C(=O)O[C@@H]4CCOC4)CC3)nc12. The molecule has 0 unspecified atom stereocenters. The number of aromatic nitrogens is 3. The summed E-state index contributed by atoms with van der Waals surface area (Å²) in [6.45, 7) is 1.29. The highest BCUT2D eigenvalue weighted by Crippen LogP contribution is 2.48. The Morgan fingerprint density at radius 1 is 1.25 bits per heavy atom. The number of rotatable bonds is 5.